The highest BCUT2D eigenvalue weighted by atomic mass is 16.2. The molecule has 350 valence electrons. The SMILES string of the molecule is CCCCCCCC/C=C\CCCCCCCC(=O)NC(CCCCNC(=O)C(CCCCN)NC(=O)C(N)CCCCN)C(=O)NCCCN1CCN(CCCC)CC1. The number of amides is 4. The Morgan fingerprint density at radius 1 is 0.517 bits per heavy atom. The van der Waals surface area contributed by atoms with Crippen LogP contribution in [0.15, 0.2) is 12.2 Å². The molecule has 0 aromatic carbocycles. The molecule has 4 amide bonds. The molecule has 13 nitrogen and oxygen atoms in total. The quantitative estimate of drug-likeness (QED) is 0.0295. The molecule has 1 aliphatic heterocycles. The van der Waals surface area contributed by atoms with E-state index in [4.69, 9.17) is 17.2 Å². The van der Waals surface area contributed by atoms with Gasteiger partial charge in [0.2, 0.25) is 23.6 Å². The third-order valence-electron chi connectivity index (χ3n) is 11.7. The standard InChI is InChI=1S/C47H93N9O4/c1-3-5-7-8-9-10-11-12-13-14-15-16-17-18-19-30-44(57)53-42(46(59)52-34-26-36-56-39-37-55(38-40-56)35-6-4-2)29-22-25-33-51-47(60)43(28-21-24-32-49)54-45(58)41(50)27-20-23-31-48/h12-13,41-43H,3-11,14-40,48-50H2,1-2H3,(H,51,60)(H,52,59)(H,53,57)(H,54,58)/b13-12-. The predicted molar refractivity (Wildman–Crippen MR) is 249 cm³/mol. The molecular formula is C47H93N9O4. The summed E-state index contributed by atoms with van der Waals surface area (Å²) in [6.45, 7) is 13.0. The van der Waals surface area contributed by atoms with Gasteiger partial charge in [-0.1, -0.05) is 90.2 Å². The van der Waals surface area contributed by atoms with E-state index in [1.807, 2.05) is 0 Å². The van der Waals surface area contributed by atoms with Crippen LogP contribution in [0, 0.1) is 0 Å². The minimum absolute atomic E-state index is 0.0840. The van der Waals surface area contributed by atoms with Crippen LogP contribution in [-0.2, 0) is 19.2 Å². The number of unbranched alkanes of at least 4 members (excludes halogenated alkanes) is 15. The summed E-state index contributed by atoms with van der Waals surface area (Å²) in [6, 6.07) is -2.01. The van der Waals surface area contributed by atoms with Crippen molar-refractivity contribution in [3.8, 4) is 0 Å². The summed E-state index contributed by atoms with van der Waals surface area (Å²) in [5, 5.41) is 11.9. The first-order valence-corrected chi connectivity index (χ1v) is 24.7. The average molecular weight is 848 g/mol. The first kappa shape index (κ1) is 55.4. The highest BCUT2D eigenvalue weighted by Gasteiger charge is 2.24. The molecule has 60 heavy (non-hydrogen) atoms. The van der Waals surface area contributed by atoms with E-state index in [0.29, 0.717) is 71.1 Å². The maximum atomic E-state index is 13.4. The van der Waals surface area contributed by atoms with E-state index in [2.05, 4.69) is 57.1 Å². The summed E-state index contributed by atoms with van der Waals surface area (Å²) < 4.78 is 0. The number of hydrogen-bond acceptors (Lipinski definition) is 9. The molecule has 0 radical (unpaired) electrons. The molecular weight excluding hydrogens is 755 g/mol. The molecule has 1 heterocycles. The van der Waals surface area contributed by atoms with Gasteiger partial charge >= 0.3 is 0 Å². The Balaban J connectivity index is 2.55. The number of carbonyl (C=O) groups excluding carboxylic acids is 4. The molecule has 0 spiro atoms. The zero-order valence-electron chi connectivity index (χ0n) is 38.6. The van der Waals surface area contributed by atoms with E-state index in [1.165, 1.54) is 77.2 Å². The van der Waals surface area contributed by atoms with E-state index < -0.39 is 18.1 Å². The Morgan fingerprint density at radius 2 is 0.983 bits per heavy atom. The Labute approximate surface area is 366 Å². The fraction of sp³-hybridized carbons (Fsp3) is 0.872. The minimum atomic E-state index is -0.692. The lowest BCUT2D eigenvalue weighted by Gasteiger charge is -2.34. The van der Waals surface area contributed by atoms with Crippen molar-refractivity contribution in [1.82, 2.24) is 31.1 Å². The maximum Gasteiger partial charge on any atom is 0.242 e. The third kappa shape index (κ3) is 30.4. The van der Waals surface area contributed by atoms with Crippen LogP contribution in [-0.4, -0.2) is 117 Å². The van der Waals surface area contributed by atoms with Gasteiger partial charge in [0, 0.05) is 45.7 Å². The molecule has 1 aliphatic rings. The zero-order chi connectivity index (χ0) is 43.9. The molecule has 0 saturated carbocycles. The summed E-state index contributed by atoms with van der Waals surface area (Å²) in [4.78, 5) is 57.4. The lowest BCUT2D eigenvalue weighted by molar-refractivity contribution is -0.130. The van der Waals surface area contributed by atoms with Crippen LogP contribution in [0.3, 0.4) is 0 Å². The zero-order valence-corrected chi connectivity index (χ0v) is 38.6. The highest BCUT2D eigenvalue weighted by Crippen LogP contribution is 2.12. The van der Waals surface area contributed by atoms with Crippen molar-refractivity contribution in [1.29, 1.82) is 0 Å². The molecule has 0 bridgehead atoms. The summed E-state index contributed by atoms with van der Waals surface area (Å²) in [5.74, 6) is -0.818. The van der Waals surface area contributed by atoms with Gasteiger partial charge in [0.05, 0.1) is 6.04 Å². The smallest absolute Gasteiger partial charge is 0.242 e. The second-order valence-corrected chi connectivity index (χ2v) is 17.2. The molecule has 3 unspecified atom stereocenters. The Hall–Kier alpha value is -2.58. The van der Waals surface area contributed by atoms with Crippen molar-refractivity contribution in [2.45, 2.75) is 199 Å². The van der Waals surface area contributed by atoms with E-state index in [1.54, 1.807) is 0 Å². The van der Waals surface area contributed by atoms with Crippen LogP contribution in [0.4, 0.5) is 0 Å². The molecule has 10 N–H and O–H groups in total. The molecule has 0 aromatic rings. The summed E-state index contributed by atoms with van der Waals surface area (Å²) in [5.41, 5.74) is 17.3. The molecule has 1 fully saturated rings. The Bertz CT molecular complexity index is 1100. The fourth-order valence-corrected chi connectivity index (χ4v) is 7.64. The molecule has 1 rings (SSSR count). The fourth-order valence-electron chi connectivity index (χ4n) is 7.64. The van der Waals surface area contributed by atoms with E-state index in [0.717, 1.165) is 84.1 Å². The van der Waals surface area contributed by atoms with Crippen LogP contribution in [0.5, 0.6) is 0 Å². The van der Waals surface area contributed by atoms with Gasteiger partial charge in [-0.15, -0.1) is 0 Å². The molecule has 0 aliphatic carbocycles. The number of nitrogens with one attached hydrogen (secondary N) is 4. The molecule has 3 atom stereocenters. The number of nitrogens with zero attached hydrogens (tertiary/aromatic N) is 2. The number of rotatable bonds is 40. The second kappa shape index (κ2) is 39.3. The van der Waals surface area contributed by atoms with Gasteiger partial charge in [-0.3, -0.25) is 19.2 Å². The Kier molecular flexibility index (Phi) is 36.3. The van der Waals surface area contributed by atoms with Crippen LogP contribution >= 0.6 is 0 Å². The Morgan fingerprint density at radius 3 is 1.55 bits per heavy atom. The number of hydrogen-bond donors (Lipinski definition) is 7. The van der Waals surface area contributed by atoms with Gasteiger partial charge < -0.3 is 48.3 Å². The lowest BCUT2D eigenvalue weighted by atomic mass is 10.1. The number of piperazine rings is 1. The number of nitrogens with two attached hydrogens (primary N) is 3. The molecule has 0 aromatic heterocycles. The van der Waals surface area contributed by atoms with Gasteiger partial charge in [0.15, 0.2) is 0 Å². The first-order valence-electron chi connectivity index (χ1n) is 24.7. The predicted octanol–water partition coefficient (Wildman–Crippen LogP) is 5.79. The van der Waals surface area contributed by atoms with E-state index in [-0.39, 0.29) is 23.6 Å². The van der Waals surface area contributed by atoms with Crippen LogP contribution < -0.4 is 38.5 Å². The second-order valence-electron chi connectivity index (χ2n) is 17.2. The molecule has 13 heteroatoms. The summed E-state index contributed by atoms with van der Waals surface area (Å²) in [7, 11) is 0. The highest BCUT2D eigenvalue weighted by molar-refractivity contribution is 5.89. The summed E-state index contributed by atoms with van der Waals surface area (Å²) in [6.07, 6.45) is 29.8. The van der Waals surface area contributed by atoms with E-state index in [9.17, 15) is 19.2 Å². The third-order valence-corrected chi connectivity index (χ3v) is 11.7. The van der Waals surface area contributed by atoms with Gasteiger partial charge in [0.25, 0.3) is 0 Å². The first-order chi connectivity index (χ1) is 29.2. The van der Waals surface area contributed by atoms with Crippen molar-refractivity contribution in [2.75, 3.05) is 65.4 Å². The van der Waals surface area contributed by atoms with Gasteiger partial charge in [-0.05, 0) is 122 Å². The van der Waals surface area contributed by atoms with Crippen molar-refractivity contribution in [3.05, 3.63) is 12.2 Å². The minimum Gasteiger partial charge on any atom is -0.354 e. The maximum absolute atomic E-state index is 13.4. The van der Waals surface area contributed by atoms with Crippen LogP contribution in [0.25, 0.3) is 0 Å². The summed E-state index contributed by atoms with van der Waals surface area (Å²) >= 11 is 0. The van der Waals surface area contributed by atoms with E-state index >= 15 is 0 Å². The average Bonchev–Trinajstić information content (AvgIpc) is 3.25. The van der Waals surface area contributed by atoms with Crippen molar-refractivity contribution in [3.63, 3.8) is 0 Å². The van der Waals surface area contributed by atoms with Crippen molar-refractivity contribution < 1.29 is 19.2 Å². The van der Waals surface area contributed by atoms with Gasteiger partial charge in [-0.25, -0.2) is 0 Å². The van der Waals surface area contributed by atoms with Crippen molar-refractivity contribution in [2.24, 2.45) is 17.2 Å². The number of carbonyl (C=O) groups is 4. The van der Waals surface area contributed by atoms with Gasteiger partial charge in [-0.2, -0.15) is 0 Å². The van der Waals surface area contributed by atoms with Crippen LogP contribution in [0.1, 0.15) is 181 Å². The lowest BCUT2D eigenvalue weighted by Crippen LogP contribution is -2.51. The van der Waals surface area contributed by atoms with Crippen molar-refractivity contribution >= 4 is 23.6 Å². The monoisotopic (exact) mass is 848 g/mol. The topological polar surface area (TPSA) is 201 Å². The largest absolute Gasteiger partial charge is 0.354 e. The molecule has 1 saturated heterocycles. The number of allylic oxidation sites excluding steroid dienone is 2. The van der Waals surface area contributed by atoms with Crippen LogP contribution in [0.2, 0.25) is 0 Å². The normalized spacial score (nSPS) is 15.2. The van der Waals surface area contributed by atoms with Gasteiger partial charge in [0.1, 0.15) is 12.1 Å².